The van der Waals surface area contributed by atoms with E-state index >= 15 is 0 Å². The van der Waals surface area contributed by atoms with Crippen molar-refractivity contribution < 1.29 is 4.74 Å². The Bertz CT molecular complexity index is 481. The average Bonchev–Trinajstić information content (AvgIpc) is 3.13. The predicted molar refractivity (Wildman–Crippen MR) is 113 cm³/mol. The van der Waals surface area contributed by atoms with Gasteiger partial charge in [-0.1, -0.05) is 69.4 Å². The van der Waals surface area contributed by atoms with Crippen LogP contribution in [0.2, 0.25) is 0 Å². The van der Waals surface area contributed by atoms with Gasteiger partial charge in [0.2, 0.25) is 0 Å². The first-order valence-electron chi connectivity index (χ1n) is 10.9. The Balaban J connectivity index is 1.71. The summed E-state index contributed by atoms with van der Waals surface area (Å²) in [6.07, 6.45) is 14.8. The molecule has 0 aliphatic carbocycles. The maximum atomic E-state index is 5.88. The molecule has 2 nitrogen and oxygen atoms in total. The summed E-state index contributed by atoms with van der Waals surface area (Å²) in [5.41, 5.74) is 2.97. The van der Waals surface area contributed by atoms with Crippen molar-refractivity contribution in [3.63, 3.8) is 0 Å². The number of rotatable bonds is 14. The lowest BCUT2D eigenvalue weighted by molar-refractivity contribution is 0.110. The lowest BCUT2D eigenvalue weighted by Crippen LogP contribution is -2.31. The number of hydrogen-bond acceptors (Lipinski definition) is 2. The second kappa shape index (κ2) is 13.1. The third-order valence-electron chi connectivity index (χ3n) is 5.57. The van der Waals surface area contributed by atoms with Crippen LogP contribution in [0, 0.1) is 0 Å². The number of nitrogens with one attached hydrogen (secondary N) is 1. The van der Waals surface area contributed by atoms with Crippen molar-refractivity contribution in [2.45, 2.75) is 83.1 Å². The Kier molecular flexibility index (Phi) is 10.7. The molecule has 2 heteroatoms. The molecule has 0 aromatic heterocycles. The van der Waals surface area contributed by atoms with E-state index in [4.69, 9.17) is 4.74 Å². The molecule has 1 N–H and O–H groups in total. The lowest BCUT2D eigenvalue weighted by atomic mass is 9.91. The summed E-state index contributed by atoms with van der Waals surface area (Å²) in [6, 6.07) is 9.87. The third-order valence-corrected chi connectivity index (χ3v) is 5.57. The molecular weight excluding hydrogens is 318 g/mol. The minimum Gasteiger partial charge on any atom is -0.380 e. The smallest absolute Gasteiger partial charge is 0.0625 e. The fourth-order valence-electron chi connectivity index (χ4n) is 3.92. The van der Waals surface area contributed by atoms with Gasteiger partial charge in [-0.25, -0.2) is 0 Å². The van der Waals surface area contributed by atoms with Gasteiger partial charge in [-0.3, -0.25) is 0 Å². The molecule has 1 aromatic rings. The van der Waals surface area contributed by atoms with Crippen LogP contribution in [0.25, 0.3) is 0 Å². The quantitative estimate of drug-likeness (QED) is 0.325. The summed E-state index contributed by atoms with van der Waals surface area (Å²) in [4.78, 5) is 0. The normalized spacial score (nSPS) is 19.7. The van der Waals surface area contributed by atoms with Gasteiger partial charge in [0.05, 0.1) is 6.61 Å². The SMILES string of the molecule is C=CCCCOC[C@H]1NCC[C@@H]1c1ccc(CCCCCCCC)cc1. The van der Waals surface area contributed by atoms with Crippen molar-refractivity contribution in [2.24, 2.45) is 0 Å². The largest absolute Gasteiger partial charge is 0.380 e. The first-order valence-corrected chi connectivity index (χ1v) is 10.9. The van der Waals surface area contributed by atoms with Crippen LogP contribution in [0.15, 0.2) is 36.9 Å². The number of unbranched alkanes of at least 4 members (excludes halogenated alkanes) is 6. The third kappa shape index (κ3) is 7.63. The Hall–Kier alpha value is -1.12. The fraction of sp³-hybridized carbons (Fsp3) is 0.667. The number of allylic oxidation sites excluding steroid dienone is 1. The van der Waals surface area contributed by atoms with Crippen LogP contribution >= 0.6 is 0 Å². The van der Waals surface area contributed by atoms with Gasteiger partial charge in [0.15, 0.2) is 0 Å². The molecule has 2 rings (SSSR count). The number of ether oxygens (including phenoxy) is 1. The first-order chi connectivity index (χ1) is 12.8. The number of hydrogen-bond donors (Lipinski definition) is 1. The highest BCUT2D eigenvalue weighted by atomic mass is 16.5. The summed E-state index contributed by atoms with van der Waals surface area (Å²) >= 11 is 0. The fourth-order valence-corrected chi connectivity index (χ4v) is 3.92. The van der Waals surface area contributed by atoms with Gasteiger partial charge in [-0.15, -0.1) is 6.58 Å². The molecule has 1 aliphatic rings. The minimum atomic E-state index is 0.461. The van der Waals surface area contributed by atoms with Crippen molar-refractivity contribution in [3.8, 4) is 0 Å². The highest BCUT2D eigenvalue weighted by Gasteiger charge is 2.28. The van der Waals surface area contributed by atoms with Crippen LogP contribution in [0.1, 0.15) is 81.8 Å². The van der Waals surface area contributed by atoms with E-state index in [-0.39, 0.29) is 0 Å². The van der Waals surface area contributed by atoms with Crippen LogP contribution < -0.4 is 5.32 Å². The summed E-state index contributed by atoms with van der Waals surface area (Å²) in [7, 11) is 0. The topological polar surface area (TPSA) is 21.3 Å². The maximum absolute atomic E-state index is 5.88. The van der Waals surface area contributed by atoms with Crippen molar-refractivity contribution in [1.82, 2.24) is 5.32 Å². The van der Waals surface area contributed by atoms with E-state index in [1.54, 1.807) is 0 Å². The van der Waals surface area contributed by atoms with Gasteiger partial charge in [0.1, 0.15) is 0 Å². The predicted octanol–water partition coefficient (Wildman–Crippen LogP) is 6.02. The van der Waals surface area contributed by atoms with E-state index in [1.165, 1.54) is 62.5 Å². The van der Waals surface area contributed by atoms with Crippen LogP contribution in [-0.4, -0.2) is 25.8 Å². The van der Waals surface area contributed by atoms with Crippen LogP contribution in [-0.2, 0) is 11.2 Å². The first kappa shape index (κ1) is 21.2. The van der Waals surface area contributed by atoms with Crippen LogP contribution in [0.4, 0.5) is 0 Å². The van der Waals surface area contributed by atoms with Crippen LogP contribution in [0.3, 0.4) is 0 Å². The zero-order valence-electron chi connectivity index (χ0n) is 16.8. The molecule has 0 spiro atoms. The van der Waals surface area contributed by atoms with Crippen molar-refractivity contribution in [1.29, 1.82) is 0 Å². The maximum Gasteiger partial charge on any atom is 0.0625 e. The number of benzene rings is 1. The molecule has 0 radical (unpaired) electrons. The molecular formula is C24H39NO. The van der Waals surface area contributed by atoms with E-state index < -0.39 is 0 Å². The van der Waals surface area contributed by atoms with E-state index in [1.807, 2.05) is 6.08 Å². The molecule has 1 aliphatic heterocycles. The number of aryl methyl sites for hydroxylation is 1. The van der Waals surface area contributed by atoms with E-state index in [0.717, 1.165) is 32.6 Å². The summed E-state index contributed by atoms with van der Waals surface area (Å²) in [6.45, 7) is 8.80. The van der Waals surface area contributed by atoms with Gasteiger partial charge >= 0.3 is 0 Å². The van der Waals surface area contributed by atoms with Gasteiger partial charge in [-0.2, -0.15) is 0 Å². The van der Waals surface area contributed by atoms with E-state index in [2.05, 4.69) is 43.1 Å². The van der Waals surface area contributed by atoms with E-state index in [0.29, 0.717) is 12.0 Å². The van der Waals surface area contributed by atoms with Gasteiger partial charge in [0, 0.05) is 18.6 Å². The Morgan fingerprint density at radius 1 is 1.08 bits per heavy atom. The second-order valence-electron chi connectivity index (χ2n) is 7.72. The average molecular weight is 358 g/mol. The Morgan fingerprint density at radius 2 is 1.85 bits per heavy atom. The molecule has 1 aromatic carbocycles. The van der Waals surface area contributed by atoms with Gasteiger partial charge in [-0.05, 0) is 49.8 Å². The molecule has 1 fully saturated rings. The summed E-state index contributed by atoms with van der Waals surface area (Å²) in [5.74, 6) is 0.595. The zero-order chi connectivity index (χ0) is 18.5. The second-order valence-corrected chi connectivity index (χ2v) is 7.72. The highest BCUT2D eigenvalue weighted by Crippen LogP contribution is 2.28. The lowest BCUT2D eigenvalue weighted by Gasteiger charge is -2.20. The van der Waals surface area contributed by atoms with Gasteiger partial charge in [0.25, 0.3) is 0 Å². The molecule has 0 saturated carbocycles. The van der Waals surface area contributed by atoms with Crippen molar-refractivity contribution in [3.05, 3.63) is 48.0 Å². The Labute approximate surface area is 161 Å². The molecule has 0 unspecified atom stereocenters. The molecule has 146 valence electrons. The molecule has 1 saturated heterocycles. The van der Waals surface area contributed by atoms with Gasteiger partial charge < -0.3 is 10.1 Å². The molecule has 1 heterocycles. The van der Waals surface area contributed by atoms with Crippen molar-refractivity contribution in [2.75, 3.05) is 19.8 Å². The minimum absolute atomic E-state index is 0.461. The molecule has 0 amide bonds. The Morgan fingerprint density at radius 3 is 2.62 bits per heavy atom. The molecule has 2 atom stereocenters. The summed E-state index contributed by atoms with van der Waals surface area (Å²) in [5, 5.41) is 3.62. The molecule has 26 heavy (non-hydrogen) atoms. The standard InChI is InChI=1S/C24H39NO/c1-3-5-7-8-9-10-12-21-13-15-22(16-14-21)23-17-18-25-24(23)20-26-19-11-6-4-2/h4,13-16,23-25H,2-3,5-12,17-20H2,1H3/t23-,24-/m1/s1. The molecule has 0 bridgehead atoms. The van der Waals surface area contributed by atoms with Crippen LogP contribution in [0.5, 0.6) is 0 Å². The summed E-state index contributed by atoms with van der Waals surface area (Å²) < 4.78 is 5.88. The van der Waals surface area contributed by atoms with Crippen molar-refractivity contribution >= 4 is 0 Å². The highest BCUT2D eigenvalue weighted by molar-refractivity contribution is 5.27. The zero-order valence-corrected chi connectivity index (χ0v) is 16.8. The monoisotopic (exact) mass is 357 g/mol. The van der Waals surface area contributed by atoms with E-state index in [9.17, 15) is 0 Å².